The van der Waals surface area contributed by atoms with Gasteiger partial charge in [-0.25, -0.2) is 4.39 Å². The van der Waals surface area contributed by atoms with Gasteiger partial charge >= 0.3 is 0 Å². The van der Waals surface area contributed by atoms with Crippen molar-refractivity contribution in [1.29, 1.82) is 0 Å². The first kappa shape index (κ1) is 18.8. The Labute approximate surface area is 164 Å². The molecule has 4 rings (SSSR count). The number of pyridine rings is 1. The topological polar surface area (TPSA) is 50.3 Å². The van der Waals surface area contributed by atoms with Crippen molar-refractivity contribution >= 4 is 17.4 Å². The fourth-order valence-electron chi connectivity index (χ4n) is 4.83. The first-order valence-electron chi connectivity index (χ1n) is 10.0. The number of hydrogen-bond acceptors (Lipinski definition) is 3. The van der Waals surface area contributed by atoms with Crippen molar-refractivity contribution in [3.63, 3.8) is 0 Å². The lowest BCUT2D eigenvalue weighted by Crippen LogP contribution is -2.38. The fraction of sp³-hybridized carbons (Fsp3) is 0.435. The number of carbonyl (C=O) groups is 2. The molecule has 1 aromatic heterocycles. The molecule has 2 aliphatic rings. The van der Waals surface area contributed by atoms with Crippen LogP contribution in [0.3, 0.4) is 0 Å². The summed E-state index contributed by atoms with van der Waals surface area (Å²) < 4.78 is 13.2. The van der Waals surface area contributed by atoms with Crippen LogP contribution in [0, 0.1) is 24.1 Å². The molecular weight excluding hydrogens is 355 g/mol. The molecule has 4 nitrogen and oxygen atoms in total. The minimum absolute atomic E-state index is 0.0617. The summed E-state index contributed by atoms with van der Waals surface area (Å²) in [4.78, 5) is 32.1. The van der Waals surface area contributed by atoms with Gasteiger partial charge in [-0.15, -0.1) is 0 Å². The number of hydrogen-bond donors (Lipinski definition) is 0. The number of nitrogens with zero attached hydrogens (tertiary/aromatic N) is 2. The minimum atomic E-state index is -0.377. The molecular formula is C23H25FN2O2. The summed E-state index contributed by atoms with van der Waals surface area (Å²) in [7, 11) is 0. The number of anilines is 1. The third-order valence-electron chi connectivity index (χ3n) is 6.25. The van der Waals surface area contributed by atoms with E-state index >= 15 is 0 Å². The van der Waals surface area contributed by atoms with Gasteiger partial charge in [0.05, 0.1) is 5.41 Å². The first-order chi connectivity index (χ1) is 13.5. The third-order valence-corrected chi connectivity index (χ3v) is 6.25. The Balaban J connectivity index is 1.46. The van der Waals surface area contributed by atoms with Gasteiger partial charge in [-0.2, -0.15) is 0 Å². The van der Waals surface area contributed by atoms with Crippen LogP contribution in [0.1, 0.15) is 54.7 Å². The van der Waals surface area contributed by atoms with Gasteiger partial charge in [-0.3, -0.25) is 14.6 Å². The molecule has 1 amide bonds. The quantitative estimate of drug-likeness (QED) is 0.722. The molecule has 5 heteroatoms. The van der Waals surface area contributed by atoms with Crippen molar-refractivity contribution in [2.45, 2.75) is 45.4 Å². The molecule has 1 aliphatic heterocycles. The van der Waals surface area contributed by atoms with Crippen LogP contribution in [-0.4, -0.2) is 23.2 Å². The molecule has 1 aromatic carbocycles. The summed E-state index contributed by atoms with van der Waals surface area (Å²) in [6, 6.07) is 11.6. The van der Waals surface area contributed by atoms with E-state index in [-0.39, 0.29) is 28.8 Å². The van der Waals surface area contributed by atoms with E-state index in [1.165, 1.54) is 12.1 Å². The summed E-state index contributed by atoms with van der Waals surface area (Å²) >= 11 is 0. The predicted octanol–water partition coefficient (Wildman–Crippen LogP) is 4.72. The fourth-order valence-corrected chi connectivity index (χ4v) is 4.83. The lowest BCUT2D eigenvalue weighted by Gasteiger charge is -2.36. The second kappa shape index (κ2) is 7.46. The van der Waals surface area contributed by atoms with Crippen LogP contribution in [0.2, 0.25) is 0 Å². The van der Waals surface area contributed by atoms with Crippen molar-refractivity contribution in [2.24, 2.45) is 11.3 Å². The maximum Gasteiger partial charge on any atom is 0.233 e. The summed E-state index contributed by atoms with van der Waals surface area (Å²) in [5.41, 5.74) is 1.74. The molecule has 1 spiro atoms. The standard InChI is InChI=1S/C23H25FN2O2/c1-16-4-2-6-20(25-16)21(27)14-17-5-3-11-23(15-17)12-13-26(22(23)28)19-9-7-18(24)8-10-19/h2,4,6-10,17H,3,5,11-15H2,1H3/t17-,23+/m0/s1. The van der Waals surface area contributed by atoms with Crippen LogP contribution in [0.25, 0.3) is 0 Å². The normalized spacial score (nSPS) is 24.7. The molecule has 0 bridgehead atoms. The van der Waals surface area contributed by atoms with E-state index < -0.39 is 0 Å². The van der Waals surface area contributed by atoms with Crippen molar-refractivity contribution in [3.8, 4) is 0 Å². The van der Waals surface area contributed by atoms with Gasteiger partial charge in [-0.05, 0) is 74.9 Å². The SMILES string of the molecule is Cc1cccc(C(=O)C[C@@H]2CCC[C@@]3(CCN(c4ccc(F)cc4)C3=O)C2)n1. The van der Waals surface area contributed by atoms with Crippen molar-refractivity contribution in [2.75, 3.05) is 11.4 Å². The molecule has 0 N–H and O–H groups in total. The maximum absolute atomic E-state index is 13.2. The van der Waals surface area contributed by atoms with Crippen molar-refractivity contribution in [3.05, 3.63) is 59.7 Å². The van der Waals surface area contributed by atoms with Gasteiger partial charge in [0.15, 0.2) is 5.78 Å². The highest BCUT2D eigenvalue weighted by Gasteiger charge is 2.49. The molecule has 2 atom stereocenters. The Hall–Kier alpha value is -2.56. The van der Waals surface area contributed by atoms with Gasteiger partial charge in [0.25, 0.3) is 0 Å². The highest BCUT2D eigenvalue weighted by molar-refractivity contribution is 6.00. The number of benzene rings is 1. The number of rotatable bonds is 4. The Kier molecular flexibility index (Phi) is 5.00. The van der Waals surface area contributed by atoms with Gasteiger partial charge in [-0.1, -0.05) is 12.5 Å². The smallest absolute Gasteiger partial charge is 0.233 e. The van der Waals surface area contributed by atoms with E-state index in [2.05, 4.69) is 4.98 Å². The number of halogens is 1. The van der Waals surface area contributed by atoms with Crippen LogP contribution in [0.15, 0.2) is 42.5 Å². The van der Waals surface area contributed by atoms with Gasteiger partial charge in [0.1, 0.15) is 11.5 Å². The lowest BCUT2D eigenvalue weighted by atomic mass is 9.67. The molecule has 0 unspecified atom stereocenters. The van der Waals surface area contributed by atoms with E-state index in [1.807, 2.05) is 19.1 Å². The molecule has 1 saturated heterocycles. The van der Waals surface area contributed by atoms with Gasteiger partial charge in [0.2, 0.25) is 5.91 Å². The average molecular weight is 380 g/mol. The summed E-state index contributed by atoms with van der Waals surface area (Å²) in [5, 5.41) is 0. The monoisotopic (exact) mass is 380 g/mol. The highest BCUT2D eigenvalue weighted by atomic mass is 19.1. The van der Waals surface area contributed by atoms with E-state index in [0.717, 1.165) is 43.5 Å². The predicted molar refractivity (Wildman–Crippen MR) is 106 cm³/mol. The molecule has 1 aliphatic carbocycles. The zero-order chi connectivity index (χ0) is 19.7. The average Bonchev–Trinajstić information content (AvgIpc) is 2.98. The van der Waals surface area contributed by atoms with Crippen molar-refractivity contribution in [1.82, 2.24) is 4.98 Å². The molecule has 28 heavy (non-hydrogen) atoms. The van der Waals surface area contributed by atoms with E-state index in [0.29, 0.717) is 18.7 Å². The van der Waals surface area contributed by atoms with Crippen LogP contribution in [-0.2, 0) is 4.79 Å². The Morgan fingerprint density at radius 2 is 2.00 bits per heavy atom. The minimum Gasteiger partial charge on any atom is -0.312 e. The number of carbonyl (C=O) groups excluding carboxylic acids is 2. The van der Waals surface area contributed by atoms with Crippen LogP contribution in [0.5, 0.6) is 0 Å². The second-order valence-corrected chi connectivity index (χ2v) is 8.22. The van der Waals surface area contributed by atoms with Gasteiger partial charge < -0.3 is 4.90 Å². The number of Topliss-reactive ketones (excluding diaryl/α,β-unsaturated/α-hetero) is 1. The van der Waals surface area contributed by atoms with Crippen LogP contribution >= 0.6 is 0 Å². The van der Waals surface area contributed by atoms with Crippen LogP contribution < -0.4 is 4.90 Å². The summed E-state index contributed by atoms with van der Waals surface area (Å²) in [5.74, 6) is 0.100. The molecule has 2 heterocycles. The zero-order valence-corrected chi connectivity index (χ0v) is 16.2. The van der Waals surface area contributed by atoms with Gasteiger partial charge in [0, 0.05) is 24.3 Å². The lowest BCUT2D eigenvalue weighted by molar-refractivity contribution is -0.128. The molecule has 1 saturated carbocycles. The summed E-state index contributed by atoms with van der Waals surface area (Å²) in [6.07, 6.45) is 4.81. The second-order valence-electron chi connectivity index (χ2n) is 8.22. The number of amides is 1. The zero-order valence-electron chi connectivity index (χ0n) is 16.2. The molecule has 146 valence electrons. The van der Waals surface area contributed by atoms with Crippen molar-refractivity contribution < 1.29 is 14.0 Å². The Morgan fingerprint density at radius 1 is 1.21 bits per heavy atom. The first-order valence-corrected chi connectivity index (χ1v) is 10.0. The number of ketones is 1. The molecule has 2 fully saturated rings. The van der Waals surface area contributed by atoms with Crippen LogP contribution in [0.4, 0.5) is 10.1 Å². The maximum atomic E-state index is 13.2. The number of aryl methyl sites for hydroxylation is 1. The molecule has 0 radical (unpaired) electrons. The van der Waals surface area contributed by atoms with E-state index in [4.69, 9.17) is 0 Å². The third kappa shape index (κ3) is 3.58. The van der Waals surface area contributed by atoms with E-state index in [1.54, 1.807) is 23.1 Å². The van der Waals surface area contributed by atoms with E-state index in [9.17, 15) is 14.0 Å². The Bertz CT molecular complexity index is 896. The largest absolute Gasteiger partial charge is 0.312 e. The summed E-state index contributed by atoms with van der Waals surface area (Å²) in [6.45, 7) is 2.54. The number of aromatic nitrogens is 1. The highest BCUT2D eigenvalue weighted by Crippen LogP contribution is 2.48. The Morgan fingerprint density at radius 3 is 2.75 bits per heavy atom. The molecule has 2 aromatic rings.